The molecule has 0 radical (unpaired) electrons. The molecule has 2 aromatic carbocycles. The van der Waals surface area contributed by atoms with Crippen molar-refractivity contribution in [3.05, 3.63) is 107 Å². The third kappa shape index (κ3) is 7.67. The van der Waals surface area contributed by atoms with Gasteiger partial charge < -0.3 is 5.32 Å². The molecule has 1 N–H and O–H groups in total. The lowest BCUT2D eigenvalue weighted by atomic mass is 9.97. The number of halogens is 1. The molecule has 0 amide bonds. The van der Waals surface area contributed by atoms with Crippen LogP contribution in [0.2, 0.25) is 0 Å². The smallest absolute Gasteiger partial charge is 0.126 e. The molecule has 0 aliphatic heterocycles. The molecular formula is C28H36FN. The molecular weight excluding hydrogens is 369 g/mol. The fourth-order valence-corrected chi connectivity index (χ4v) is 3.64. The third-order valence-electron chi connectivity index (χ3n) is 5.15. The Morgan fingerprint density at radius 1 is 1.10 bits per heavy atom. The van der Waals surface area contributed by atoms with E-state index in [2.05, 4.69) is 82.1 Å². The molecule has 0 fully saturated rings. The van der Waals surface area contributed by atoms with E-state index in [4.69, 9.17) is 0 Å². The molecule has 0 bridgehead atoms. The molecule has 1 unspecified atom stereocenters. The van der Waals surface area contributed by atoms with E-state index in [1.807, 2.05) is 12.1 Å². The van der Waals surface area contributed by atoms with Gasteiger partial charge in [-0.25, -0.2) is 4.39 Å². The van der Waals surface area contributed by atoms with Gasteiger partial charge in [0.15, 0.2) is 0 Å². The van der Waals surface area contributed by atoms with Crippen LogP contribution in [0.1, 0.15) is 62.4 Å². The second-order valence-corrected chi connectivity index (χ2v) is 8.46. The molecule has 160 valence electrons. The van der Waals surface area contributed by atoms with Crippen molar-refractivity contribution in [1.82, 2.24) is 5.32 Å². The monoisotopic (exact) mass is 405 g/mol. The largest absolute Gasteiger partial charge is 0.382 e. The zero-order valence-corrected chi connectivity index (χ0v) is 19.1. The van der Waals surface area contributed by atoms with Gasteiger partial charge in [0.1, 0.15) is 5.82 Å². The SMILES string of the molecule is C=C(CCc1ccc(F)c(C)c1)NC(C)c1cccc(CC(/C=C\C)=C/C(C)C)c1. The summed E-state index contributed by atoms with van der Waals surface area (Å²) in [7, 11) is 0. The van der Waals surface area contributed by atoms with Crippen molar-refractivity contribution >= 4 is 0 Å². The second-order valence-electron chi connectivity index (χ2n) is 8.46. The number of aryl methyl sites for hydroxylation is 2. The summed E-state index contributed by atoms with van der Waals surface area (Å²) in [6, 6.07) is 14.3. The van der Waals surface area contributed by atoms with Gasteiger partial charge in [0.2, 0.25) is 0 Å². The minimum Gasteiger partial charge on any atom is -0.382 e. The highest BCUT2D eigenvalue weighted by atomic mass is 19.1. The summed E-state index contributed by atoms with van der Waals surface area (Å²) >= 11 is 0. The van der Waals surface area contributed by atoms with Crippen molar-refractivity contribution in [2.24, 2.45) is 5.92 Å². The van der Waals surface area contributed by atoms with Crippen molar-refractivity contribution < 1.29 is 4.39 Å². The molecule has 0 heterocycles. The highest BCUT2D eigenvalue weighted by Gasteiger charge is 2.08. The zero-order chi connectivity index (χ0) is 22.1. The summed E-state index contributed by atoms with van der Waals surface area (Å²) in [5.74, 6) is 0.387. The molecule has 30 heavy (non-hydrogen) atoms. The number of benzene rings is 2. The Labute approximate surface area is 182 Å². The summed E-state index contributed by atoms with van der Waals surface area (Å²) in [6.45, 7) is 14.7. The average Bonchev–Trinajstić information content (AvgIpc) is 2.69. The van der Waals surface area contributed by atoms with Crippen LogP contribution >= 0.6 is 0 Å². The van der Waals surface area contributed by atoms with Gasteiger partial charge >= 0.3 is 0 Å². The predicted molar refractivity (Wildman–Crippen MR) is 128 cm³/mol. The van der Waals surface area contributed by atoms with Crippen molar-refractivity contribution in [2.75, 3.05) is 0 Å². The lowest BCUT2D eigenvalue weighted by Gasteiger charge is -2.19. The van der Waals surface area contributed by atoms with Gasteiger partial charge in [0, 0.05) is 11.7 Å². The van der Waals surface area contributed by atoms with Crippen LogP contribution < -0.4 is 5.32 Å². The fourth-order valence-electron chi connectivity index (χ4n) is 3.64. The van der Waals surface area contributed by atoms with Crippen LogP contribution in [0.3, 0.4) is 0 Å². The van der Waals surface area contributed by atoms with Crippen molar-refractivity contribution in [3.8, 4) is 0 Å². The van der Waals surface area contributed by atoms with Crippen LogP contribution in [0.25, 0.3) is 0 Å². The molecule has 0 aliphatic carbocycles. The first-order valence-electron chi connectivity index (χ1n) is 10.9. The highest BCUT2D eigenvalue weighted by Crippen LogP contribution is 2.20. The van der Waals surface area contributed by atoms with Gasteiger partial charge in [0.25, 0.3) is 0 Å². The fraction of sp³-hybridized carbons (Fsp3) is 0.357. The molecule has 2 aromatic rings. The van der Waals surface area contributed by atoms with E-state index in [0.29, 0.717) is 11.5 Å². The average molecular weight is 406 g/mol. The third-order valence-corrected chi connectivity index (χ3v) is 5.15. The van der Waals surface area contributed by atoms with E-state index in [1.165, 1.54) is 16.7 Å². The summed E-state index contributed by atoms with van der Waals surface area (Å²) in [5.41, 5.74) is 6.77. The molecule has 1 nitrogen and oxygen atoms in total. The number of hydrogen-bond acceptors (Lipinski definition) is 1. The Balaban J connectivity index is 1.97. The minimum absolute atomic E-state index is 0.148. The van der Waals surface area contributed by atoms with Gasteiger partial charge in [-0.3, -0.25) is 0 Å². The topological polar surface area (TPSA) is 12.0 Å². The molecule has 0 saturated carbocycles. The van der Waals surface area contributed by atoms with Crippen LogP contribution in [0.15, 0.2) is 78.5 Å². The minimum atomic E-state index is -0.148. The predicted octanol–water partition coefficient (Wildman–Crippen LogP) is 7.63. The normalized spacial score (nSPS) is 13.1. The summed E-state index contributed by atoms with van der Waals surface area (Å²) < 4.78 is 13.4. The highest BCUT2D eigenvalue weighted by molar-refractivity contribution is 5.33. The van der Waals surface area contributed by atoms with Crippen LogP contribution in [0.4, 0.5) is 4.39 Å². The molecule has 0 spiro atoms. The van der Waals surface area contributed by atoms with Crippen LogP contribution in [-0.2, 0) is 12.8 Å². The summed E-state index contributed by atoms with van der Waals surface area (Å²) in [4.78, 5) is 0. The first-order chi connectivity index (χ1) is 14.3. The van der Waals surface area contributed by atoms with Gasteiger partial charge in [0.05, 0.1) is 0 Å². The Hall–Kier alpha value is -2.61. The maximum Gasteiger partial charge on any atom is 0.126 e. The van der Waals surface area contributed by atoms with Crippen molar-refractivity contribution in [2.45, 2.75) is 59.9 Å². The lowest BCUT2D eigenvalue weighted by Crippen LogP contribution is -2.18. The Bertz CT molecular complexity index is 905. The van der Waals surface area contributed by atoms with E-state index in [-0.39, 0.29) is 11.9 Å². The number of hydrogen-bond donors (Lipinski definition) is 1. The van der Waals surface area contributed by atoms with Gasteiger partial charge in [-0.1, -0.05) is 75.1 Å². The Morgan fingerprint density at radius 3 is 2.53 bits per heavy atom. The molecule has 2 heteroatoms. The van der Waals surface area contributed by atoms with Crippen LogP contribution in [-0.4, -0.2) is 0 Å². The van der Waals surface area contributed by atoms with Crippen LogP contribution in [0.5, 0.6) is 0 Å². The number of allylic oxidation sites excluding steroid dienone is 5. The van der Waals surface area contributed by atoms with E-state index >= 15 is 0 Å². The first-order valence-corrected chi connectivity index (χ1v) is 10.9. The van der Waals surface area contributed by atoms with E-state index < -0.39 is 0 Å². The van der Waals surface area contributed by atoms with E-state index in [9.17, 15) is 4.39 Å². The quantitative estimate of drug-likeness (QED) is 0.401. The van der Waals surface area contributed by atoms with Crippen molar-refractivity contribution in [3.63, 3.8) is 0 Å². The molecule has 0 aliphatic rings. The molecule has 0 saturated heterocycles. The van der Waals surface area contributed by atoms with E-state index in [0.717, 1.165) is 30.5 Å². The Kier molecular flexibility index (Phi) is 9.11. The van der Waals surface area contributed by atoms with Crippen molar-refractivity contribution in [1.29, 1.82) is 0 Å². The summed E-state index contributed by atoms with van der Waals surface area (Å²) in [6.07, 6.45) is 9.26. The molecule has 2 rings (SSSR count). The standard InChI is InChI=1S/C28H36FN/c1-7-9-25(16-20(2)3)18-26-10-8-11-27(19-26)23(6)30-22(5)12-13-24-14-15-28(29)21(4)17-24/h7-11,14-17,19-20,23,30H,5,12-13,18H2,1-4,6H3/b9-7-,25-16+. The number of nitrogens with one attached hydrogen (secondary N) is 1. The van der Waals surface area contributed by atoms with Crippen LogP contribution in [0, 0.1) is 18.7 Å². The Morgan fingerprint density at radius 2 is 1.87 bits per heavy atom. The summed E-state index contributed by atoms with van der Waals surface area (Å²) in [5, 5.41) is 3.53. The maximum atomic E-state index is 13.4. The lowest BCUT2D eigenvalue weighted by molar-refractivity contribution is 0.615. The molecule has 1 atom stereocenters. The van der Waals surface area contributed by atoms with E-state index in [1.54, 1.807) is 13.0 Å². The van der Waals surface area contributed by atoms with Gasteiger partial charge in [-0.15, -0.1) is 0 Å². The van der Waals surface area contributed by atoms with Gasteiger partial charge in [-0.2, -0.15) is 0 Å². The second kappa shape index (κ2) is 11.5. The van der Waals surface area contributed by atoms with Gasteiger partial charge in [-0.05, 0) is 79.8 Å². The number of rotatable bonds is 10. The zero-order valence-electron chi connectivity index (χ0n) is 19.1. The maximum absolute atomic E-state index is 13.4. The first kappa shape index (κ1) is 23.7. The molecule has 0 aromatic heterocycles.